The standard InChI is InChI=1S/C19H15NO2S/c21-19(22-14-15-6-2-1-3-7-15)20-12-5-9-16-8-4-10-18-17(16)11-13-23-18/h1-4,6-8,10-11,13H,12,14H2,(H,20,21). The van der Waals surface area contributed by atoms with Crippen LogP contribution in [-0.2, 0) is 11.3 Å². The first-order valence-electron chi connectivity index (χ1n) is 7.22. The molecule has 3 nitrogen and oxygen atoms in total. The zero-order valence-electron chi connectivity index (χ0n) is 12.4. The summed E-state index contributed by atoms with van der Waals surface area (Å²) in [5.74, 6) is 6.04. The van der Waals surface area contributed by atoms with Crippen LogP contribution in [0, 0.1) is 11.8 Å². The van der Waals surface area contributed by atoms with Crippen molar-refractivity contribution in [1.29, 1.82) is 0 Å². The first-order chi connectivity index (χ1) is 11.3. The summed E-state index contributed by atoms with van der Waals surface area (Å²) in [6, 6.07) is 17.7. The Morgan fingerprint density at radius 1 is 1.09 bits per heavy atom. The minimum Gasteiger partial charge on any atom is -0.445 e. The number of alkyl carbamates (subject to hydrolysis) is 1. The Morgan fingerprint density at radius 2 is 1.96 bits per heavy atom. The molecule has 4 heteroatoms. The molecule has 1 aromatic heterocycles. The van der Waals surface area contributed by atoms with Gasteiger partial charge >= 0.3 is 6.09 Å². The number of thiophene rings is 1. The molecule has 0 aliphatic heterocycles. The van der Waals surface area contributed by atoms with Crippen LogP contribution in [0.1, 0.15) is 11.1 Å². The highest BCUT2D eigenvalue weighted by Crippen LogP contribution is 2.23. The fourth-order valence-corrected chi connectivity index (χ4v) is 2.95. The van der Waals surface area contributed by atoms with E-state index in [1.165, 1.54) is 4.70 Å². The Bertz CT molecular complexity index is 859. The van der Waals surface area contributed by atoms with Gasteiger partial charge in [0.1, 0.15) is 6.61 Å². The molecule has 0 aliphatic rings. The number of hydrogen-bond acceptors (Lipinski definition) is 3. The highest BCUT2D eigenvalue weighted by Gasteiger charge is 2.01. The Balaban J connectivity index is 1.50. The highest BCUT2D eigenvalue weighted by molar-refractivity contribution is 7.17. The molecule has 0 spiro atoms. The van der Waals surface area contributed by atoms with Crippen LogP contribution in [0.4, 0.5) is 4.79 Å². The highest BCUT2D eigenvalue weighted by atomic mass is 32.1. The first-order valence-corrected chi connectivity index (χ1v) is 8.10. The number of carbonyl (C=O) groups excluding carboxylic acids is 1. The summed E-state index contributed by atoms with van der Waals surface area (Å²) in [5, 5.41) is 5.83. The van der Waals surface area contributed by atoms with Crippen LogP contribution >= 0.6 is 11.3 Å². The molecule has 1 amide bonds. The van der Waals surface area contributed by atoms with Crippen molar-refractivity contribution in [2.45, 2.75) is 6.61 Å². The van der Waals surface area contributed by atoms with Gasteiger partial charge in [0.25, 0.3) is 0 Å². The van der Waals surface area contributed by atoms with E-state index in [0.717, 1.165) is 16.5 Å². The number of amides is 1. The number of rotatable bonds is 3. The Kier molecular flexibility index (Phi) is 4.92. The molecule has 0 radical (unpaired) electrons. The van der Waals surface area contributed by atoms with Crippen molar-refractivity contribution in [2.24, 2.45) is 0 Å². The molecule has 0 saturated heterocycles. The third-order valence-electron chi connectivity index (χ3n) is 3.25. The van der Waals surface area contributed by atoms with E-state index in [0.29, 0.717) is 0 Å². The minimum absolute atomic E-state index is 0.258. The lowest BCUT2D eigenvalue weighted by molar-refractivity contribution is 0.141. The summed E-state index contributed by atoms with van der Waals surface area (Å²) in [6.07, 6.45) is -0.461. The Hall–Kier alpha value is -2.77. The zero-order chi connectivity index (χ0) is 15.9. The van der Waals surface area contributed by atoms with Gasteiger partial charge < -0.3 is 10.1 Å². The number of carbonyl (C=O) groups is 1. The van der Waals surface area contributed by atoms with Gasteiger partial charge in [-0.3, -0.25) is 0 Å². The Labute approximate surface area is 138 Å². The molecule has 0 unspecified atom stereocenters. The van der Waals surface area contributed by atoms with E-state index in [2.05, 4.69) is 34.7 Å². The summed E-state index contributed by atoms with van der Waals surface area (Å²) in [5.41, 5.74) is 1.93. The van der Waals surface area contributed by atoms with Gasteiger partial charge in [-0.15, -0.1) is 11.3 Å². The quantitative estimate of drug-likeness (QED) is 0.735. The molecule has 0 bridgehead atoms. The second-order valence-corrected chi connectivity index (χ2v) is 5.80. The van der Waals surface area contributed by atoms with Crippen LogP contribution in [-0.4, -0.2) is 12.6 Å². The molecule has 1 heterocycles. The van der Waals surface area contributed by atoms with E-state index in [1.807, 2.05) is 42.5 Å². The normalized spacial score (nSPS) is 9.91. The van der Waals surface area contributed by atoms with Crippen LogP contribution in [0.2, 0.25) is 0 Å². The van der Waals surface area contributed by atoms with E-state index in [9.17, 15) is 4.79 Å². The maximum Gasteiger partial charge on any atom is 0.408 e. The summed E-state index contributed by atoms with van der Waals surface area (Å²) < 4.78 is 6.34. The van der Waals surface area contributed by atoms with E-state index < -0.39 is 6.09 Å². The number of hydrogen-bond donors (Lipinski definition) is 1. The van der Waals surface area contributed by atoms with E-state index >= 15 is 0 Å². The second kappa shape index (κ2) is 7.48. The van der Waals surface area contributed by atoms with Gasteiger partial charge in [0.15, 0.2) is 0 Å². The monoisotopic (exact) mass is 321 g/mol. The number of ether oxygens (including phenoxy) is 1. The predicted octanol–water partition coefficient (Wildman–Crippen LogP) is 4.18. The first kappa shape index (κ1) is 15.1. The fourth-order valence-electron chi connectivity index (χ4n) is 2.13. The van der Waals surface area contributed by atoms with E-state index in [1.54, 1.807) is 11.3 Å². The maximum absolute atomic E-state index is 11.6. The maximum atomic E-state index is 11.6. The molecule has 0 atom stereocenters. The predicted molar refractivity (Wildman–Crippen MR) is 93.3 cm³/mol. The summed E-state index contributed by atoms with van der Waals surface area (Å²) in [6.45, 7) is 0.516. The lowest BCUT2D eigenvalue weighted by atomic mass is 10.1. The molecule has 3 rings (SSSR count). The van der Waals surface area contributed by atoms with E-state index in [-0.39, 0.29) is 13.2 Å². The largest absolute Gasteiger partial charge is 0.445 e. The summed E-state index contributed by atoms with van der Waals surface area (Å²) in [7, 11) is 0. The van der Waals surface area contributed by atoms with Gasteiger partial charge in [-0.05, 0) is 29.1 Å². The van der Waals surface area contributed by atoms with Gasteiger partial charge in [0, 0.05) is 15.6 Å². The van der Waals surface area contributed by atoms with Crippen LogP contribution in [0.15, 0.2) is 60.0 Å². The molecule has 0 saturated carbocycles. The van der Waals surface area contributed by atoms with Crippen LogP contribution in [0.5, 0.6) is 0 Å². The lowest BCUT2D eigenvalue weighted by Crippen LogP contribution is -2.24. The molecule has 1 N–H and O–H groups in total. The summed E-state index contributed by atoms with van der Waals surface area (Å²) in [4.78, 5) is 11.6. The third-order valence-corrected chi connectivity index (χ3v) is 4.13. The Morgan fingerprint density at radius 3 is 2.83 bits per heavy atom. The van der Waals surface area contributed by atoms with Gasteiger partial charge in [-0.1, -0.05) is 48.2 Å². The lowest BCUT2D eigenvalue weighted by Gasteiger charge is -2.04. The van der Waals surface area contributed by atoms with Gasteiger partial charge in [-0.2, -0.15) is 0 Å². The van der Waals surface area contributed by atoms with Crippen molar-refractivity contribution < 1.29 is 9.53 Å². The van der Waals surface area contributed by atoms with Crippen LogP contribution in [0.3, 0.4) is 0 Å². The van der Waals surface area contributed by atoms with Gasteiger partial charge in [0.2, 0.25) is 0 Å². The SMILES string of the molecule is O=C(NCC#Cc1cccc2sccc12)OCc1ccccc1. The molecule has 114 valence electrons. The average molecular weight is 321 g/mol. The second-order valence-electron chi connectivity index (χ2n) is 4.86. The van der Waals surface area contributed by atoms with Gasteiger partial charge in [0.05, 0.1) is 6.54 Å². The van der Waals surface area contributed by atoms with Crippen molar-refractivity contribution >= 4 is 27.5 Å². The van der Waals surface area contributed by atoms with Crippen molar-refractivity contribution in [3.05, 3.63) is 71.1 Å². The third kappa shape index (κ3) is 4.12. The molecule has 2 aromatic carbocycles. The average Bonchev–Trinajstić information content (AvgIpc) is 3.07. The van der Waals surface area contributed by atoms with Crippen molar-refractivity contribution in [1.82, 2.24) is 5.32 Å². The van der Waals surface area contributed by atoms with Crippen LogP contribution < -0.4 is 5.32 Å². The smallest absolute Gasteiger partial charge is 0.408 e. The topological polar surface area (TPSA) is 38.3 Å². The summed E-state index contributed by atoms with van der Waals surface area (Å²) >= 11 is 1.69. The van der Waals surface area contributed by atoms with Crippen molar-refractivity contribution in [2.75, 3.05) is 6.54 Å². The van der Waals surface area contributed by atoms with Gasteiger partial charge in [-0.25, -0.2) is 4.79 Å². The molecule has 23 heavy (non-hydrogen) atoms. The molecule has 0 fully saturated rings. The van der Waals surface area contributed by atoms with Crippen molar-refractivity contribution in [3.63, 3.8) is 0 Å². The van der Waals surface area contributed by atoms with Crippen LogP contribution in [0.25, 0.3) is 10.1 Å². The minimum atomic E-state index is -0.461. The number of benzene rings is 2. The molecule has 3 aromatic rings. The fraction of sp³-hybridized carbons (Fsp3) is 0.105. The van der Waals surface area contributed by atoms with Crippen molar-refractivity contribution in [3.8, 4) is 11.8 Å². The number of fused-ring (bicyclic) bond motifs is 1. The van der Waals surface area contributed by atoms with E-state index in [4.69, 9.17) is 4.74 Å². The molecular weight excluding hydrogens is 306 g/mol. The zero-order valence-corrected chi connectivity index (χ0v) is 13.2. The molecular formula is C19H15NO2S. The molecule has 0 aliphatic carbocycles. The number of nitrogens with one attached hydrogen (secondary N) is 1.